The SMILES string of the molecule is COC(=O)C[C@](C)(N)c1cccc(NC(=O)OCc2ccccc2)c1F. The number of nitrogens with one attached hydrogen (secondary N) is 1. The van der Waals surface area contributed by atoms with Crippen LogP contribution < -0.4 is 11.1 Å². The van der Waals surface area contributed by atoms with Gasteiger partial charge in [-0.15, -0.1) is 0 Å². The van der Waals surface area contributed by atoms with E-state index in [1.54, 1.807) is 12.1 Å². The Morgan fingerprint density at radius 1 is 1.15 bits per heavy atom. The van der Waals surface area contributed by atoms with E-state index in [1.165, 1.54) is 32.2 Å². The molecule has 2 aromatic carbocycles. The molecule has 26 heavy (non-hydrogen) atoms. The van der Waals surface area contributed by atoms with Gasteiger partial charge in [-0.1, -0.05) is 42.5 Å². The number of carbonyl (C=O) groups is 2. The molecule has 0 spiro atoms. The van der Waals surface area contributed by atoms with Gasteiger partial charge in [0.1, 0.15) is 6.61 Å². The first-order chi connectivity index (χ1) is 12.3. The summed E-state index contributed by atoms with van der Waals surface area (Å²) >= 11 is 0. The first-order valence-corrected chi connectivity index (χ1v) is 7.96. The first kappa shape index (κ1) is 19.4. The van der Waals surface area contributed by atoms with Crippen LogP contribution in [-0.2, 0) is 26.4 Å². The maximum Gasteiger partial charge on any atom is 0.412 e. The van der Waals surface area contributed by atoms with Gasteiger partial charge in [0.15, 0.2) is 5.82 Å². The summed E-state index contributed by atoms with van der Waals surface area (Å²) in [5.74, 6) is -1.28. The molecule has 0 heterocycles. The highest BCUT2D eigenvalue weighted by atomic mass is 19.1. The van der Waals surface area contributed by atoms with Gasteiger partial charge in [-0.25, -0.2) is 9.18 Å². The van der Waals surface area contributed by atoms with E-state index in [0.717, 1.165) is 5.56 Å². The Morgan fingerprint density at radius 3 is 2.50 bits per heavy atom. The highest BCUT2D eigenvalue weighted by Gasteiger charge is 2.29. The minimum Gasteiger partial charge on any atom is -0.469 e. The number of ether oxygens (including phenoxy) is 2. The number of halogens is 1. The Bertz CT molecular complexity index is 778. The molecule has 0 unspecified atom stereocenters. The second kappa shape index (κ2) is 8.44. The topological polar surface area (TPSA) is 90.6 Å². The van der Waals surface area contributed by atoms with E-state index in [0.29, 0.717) is 0 Å². The zero-order valence-corrected chi connectivity index (χ0v) is 14.6. The van der Waals surface area contributed by atoms with Crippen molar-refractivity contribution in [3.05, 3.63) is 65.5 Å². The lowest BCUT2D eigenvalue weighted by molar-refractivity contribution is -0.142. The Hall–Kier alpha value is -2.93. The van der Waals surface area contributed by atoms with E-state index in [2.05, 4.69) is 10.1 Å². The minimum absolute atomic E-state index is 0.0604. The smallest absolute Gasteiger partial charge is 0.412 e. The van der Waals surface area contributed by atoms with Crippen molar-refractivity contribution in [3.8, 4) is 0 Å². The first-order valence-electron chi connectivity index (χ1n) is 7.96. The molecule has 2 rings (SSSR count). The lowest BCUT2D eigenvalue weighted by Crippen LogP contribution is -2.37. The molecule has 1 atom stereocenters. The van der Waals surface area contributed by atoms with Crippen LogP contribution in [0.4, 0.5) is 14.9 Å². The van der Waals surface area contributed by atoms with Crippen LogP contribution in [0, 0.1) is 5.82 Å². The maximum atomic E-state index is 14.7. The second-order valence-electron chi connectivity index (χ2n) is 6.02. The number of hydrogen-bond donors (Lipinski definition) is 2. The third kappa shape index (κ3) is 5.03. The Morgan fingerprint density at radius 2 is 1.85 bits per heavy atom. The van der Waals surface area contributed by atoms with Crippen molar-refractivity contribution in [2.45, 2.75) is 25.5 Å². The summed E-state index contributed by atoms with van der Waals surface area (Å²) in [7, 11) is 1.23. The molecule has 3 N–H and O–H groups in total. The number of benzene rings is 2. The average Bonchev–Trinajstić information content (AvgIpc) is 2.62. The fourth-order valence-corrected chi connectivity index (χ4v) is 2.41. The molecule has 0 aromatic heterocycles. The molecular formula is C19H21FN2O4. The number of methoxy groups -OCH3 is 1. The molecule has 0 aliphatic heterocycles. The normalized spacial score (nSPS) is 12.8. The largest absolute Gasteiger partial charge is 0.469 e. The standard InChI is InChI=1S/C19H21FN2O4/c1-19(21,11-16(23)25-2)14-9-6-10-15(17(14)20)22-18(24)26-12-13-7-4-3-5-8-13/h3-10H,11-12,21H2,1-2H3,(H,22,24)/t19-/m0/s1. The fraction of sp³-hybridized carbons (Fsp3) is 0.263. The molecule has 0 aliphatic rings. The van der Waals surface area contributed by atoms with Crippen LogP contribution in [0.1, 0.15) is 24.5 Å². The number of carbonyl (C=O) groups excluding carboxylic acids is 2. The summed E-state index contributed by atoms with van der Waals surface area (Å²) in [6.07, 6.45) is -1.00. The lowest BCUT2D eigenvalue weighted by atomic mass is 9.89. The van der Waals surface area contributed by atoms with E-state index in [9.17, 15) is 14.0 Å². The monoisotopic (exact) mass is 360 g/mol. The van der Waals surface area contributed by atoms with Crippen LogP contribution >= 0.6 is 0 Å². The van der Waals surface area contributed by atoms with Crippen LogP contribution in [0.25, 0.3) is 0 Å². The van der Waals surface area contributed by atoms with E-state index in [4.69, 9.17) is 10.5 Å². The van der Waals surface area contributed by atoms with Crippen LogP contribution in [0.15, 0.2) is 48.5 Å². The quantitative estimate of drug-likeness (QED) is 0.771. The van der Waals surface area contributed by atoms with Crippen LogP contribution in [-0.4, -0.2) is 19.2 Å². The number of amides is 1. The fourth-order valence-electron chi connectivity index (χ4n) is 2.41. The average molecular weight is 360 g/mol. The van der Waals surface area contributed by atoms with Gasteiger partial charge in [0.05, 0.1) is 24.8 Å². The summed E-state index contributed by atoms with van der Waals surface area (Å²) in [6, 6.07) is 13.5. The predicted octanol–water partition coefficient (Wildman–Crippen LogP) is 3.31. The number of hydrogen-bond acceptors (Lipinski definition) is 5. The molecule has 0 aliphatic carbocycles. The van der Waals surface area contributed by atoms with E-state index >= 15 is 0 Å². The van der Waals surface area contributed by atoms with Crippen LogP contribution in [0.3, 0.4) is 0 Å². The van der Waals surface area contributed by atoms with Gasteiger partial charge in [-0.2, -0.15) is 0 Å². The Labute approximate surface area is 151 Å². The molecule has 0 saturated heterocycles. The van der Waals surface area contributed by atoms with Gasteiger partial charge in [0.25, 0.3) is 0 Å². The molecule has 0 fully saturated rings. The molecule has 0 radical (unpaired) electrons. The van der Waals surface area contributed by atoms with Crippen LogP contribution in [0.5, 0.6) is 0 Å². The van der Waals surface area contributed by atoms with Crippen LogP contribution in [0.2, 0.25) is 0 Å². The van der Waals surface area contributed by atoms with Crippen molar-refractivity contribution in [2.75, 3.05) is 12.4 Å². The second-order valence-corrected chi connectivity index (χ2v) is 6.02. The third-order valence-electron chi connectivity index (χ3n) is 3.80. The molecule has 6 nitrogen and oxygen atoms in total. The summed E-state index contributed by atoms with van der Waals surface area (Å²) in [5.41, 5.74) is 5.59. The summed E-state index contributed by atoms with van der Waals surface area (Å²) < 4.78 is 24.4. The van der Waals surface area contributed by atoms with Gasteiger partial charge in [-0.05, 0) is 18.6 Å². The van der Waals surface area contributed by atoms with Crippen molar-refractivity contribution in [2.24, 2.45) is 5.73 Å². The Kier molecular flexibility index (Phi) is 6.30. The highest BCUT2D eigenvalue weighted by molar-refractivity contribution is 5.85. The van der Waals surface area contributed by atoms with E-state index < -0.39 is 23.4 Å². The number of nitrogens with two attached hydrogens (primary N) is 1. The van der Waals surface area contributed by atoms with Gasteiger partial charge < -0.3 is 15.2 Å². The number of anilines is 1. The summed E-state index contributed by atoms with van der Waals surface area (Å²) in [6.45, 7) is 1.57. The van der Waals surface area contributed by atoms with Crippen molar-refractivity contribution in [1.82, 2.24) is 0 Å². The molecular weight excluding hydrogens is 339 g/mol. The summed E-state index contributed by atoms with van der Waals surface area (Å²) in [5, 5.41) is 2.35. The van der Waals surface area contributed by atoms with Gasteiger partial charge in [-0.3, -0.25) is 10.1 Å². The number of rotatable bonds is 6. The minimum atomic E-state index is -1.29. The number of esters is 1. The third-order valence-corrected chi connectivity index (χ3v) is 3.80. The van der Waals surface area contributed by atoms with Crippen molar-refractivity contribution in [3.63, 3.8) is 0 Å². The zero-order chi connectivity index (χ0) is 19.2. The maximum absolute atomic E-state index is 14.7. The lowest BCUT2D eigenvalue weighted by Gasteiger charge is -2.25. The van der Waals surface area contributed by atoms with Crippen molar-refractivity contribution in [1.29, 1.82) is 0 Å². The highest BCUT2D eigenvalue weighted by Crippen LogP contribution is 2.29. The van der Waals surface area contributed by atoms with E-state index in [-0.39, 0.29) is 24.3 Å². The summed E-state index contributed by atoms with van der Waals surface area (Å²) in [4.78, 5) is 23.4. The predicted molar refractivity (Wildman–Crippen MR) is 94.8 cm³/mol. The molecule has 2 aromatic rings. The van der Waals surface area contributed by atoms with Gasteiger partial charge in [0.2, 0.25) is 0 Å². The molecule has 138 valence electrons. The van der Waals surface area contributed by atoms with Gasteiger partial charge in [0, 0.05) is 5.56 Å². The molecule has 7 heteroatoms. The van der Waals surface area contributed by atoms with Gasteiger partial charge >= 0.3 is 12.1 Å². The van der Waals surface area contributed by atoms with E-state index in [1.807, 2.05) is 18.2 Å². The Balaban J connectivity index is 2.08. The molecule has 1 amide bonds. The molecule has 0 bridgehead atoms. The molecule has 0 saturated carbocycles. The van der Waals surface area contributed by atoms with Crippen molar-refractivity contribution >= 4 is 17.7 Å². The zero-order valence-electron chi connectivity index (χ0n) is 14.6. The van der Waals surface area contributed by atoms with Crippen molar-refractivity contribution < 1.29 is 23.5 Å².